The maximum Gasteiger partial charge on any atom is 0.338 e. The highest BCUT2D eigenvalue weighted by molar-refractivity contribution is 5.90. The van der Waals surface area contributed by atoms with Gasteiger partial charge in [-0.15, -0.1) is 0 Å². The van der Waals surface area contributed by atoms with Crippen molar-refractivity contribution in [2.75, 3.05) is 85.9 Å². The molecule has 0 bridgehead atoms. The zero-order valence-corrected chi connectivity index (χ0v) is 74.4. The van der Waals surface area contributed by atoms with E-state index >= 15 is 0 Å². The van der Waals surface area contributed by atoms with Crippen LogP contribution in [-0.4, -0.2) is 120 Å². The fourth-order valence-corrected chi connectivity index (χ4v) is 12.9. The summed E-state index contributed by atoms with van der Waals surface area (Å²) in [6, 6.07) is 67.8. The third-order valence-electron chi connectivity index (χ3n) is 20.3. The van der Waals surface area contributed by atoms with Gasteiger partial charge in [-0.1, -0.05) is 219 Å². The topological polar surface area (TPSA) is 229 Å². The molecule has 9 aromatic rings. The van der Waals surface area contributed by atoms with E-state index in [4.69, 9.17) is 61.6 Å². The predicted molar refractivity (Wildman–Crippen MR) is 499 cm³/mol. The molecule has 126 heavy (non-hydrogen) atoms. The highest BCUT2D eigenvalue weighted by Crippen LogP contribution is 2.33. The van der Waals surface area contributed by atoms with E-state index in [0.717, 1.165) is 196 Å². The van der Waals surface area contributed by atoms with Gasteiger partial charge in [0, 0.05) is 79.3 Å². The third-order valence-corrected chi connectivity index (χ3v) is 20.3. The summed E-state index contributed by atoms with van der Waals surface area (Å²) in [5.41, 5.74) is 11.0. The van der Waals surface area contributed by atoms with Crippen LogP contribution >= 0.6 is 0 Å². The largest absolute Gasteiger partial charge is 0.494 e. The lowest BCUT2D eigenvalue weighted by Crippen LogP contribution is -2.20. The summed E-state index contributed by atoms with van der Waals surface area (Å²) < 4.78 is 74.7. The molecule has 0 saturated heterocycles. The zero-order chi connectivity index (χ0) is 89.6. The van der Waals surface area contributed by atoms with Crippen molar-refractivity contribution >= 4 is 23.9 Å². The molecule has 9 rings (SSSR count). The van der Waals surface area contributed by atoms with Gasteiger partial charge in [0.1, 0.15) is 57.5 Å². The molecule has 0 heterocycles. The van der Waals surface area contributed by atoms with Crippen molar-refractivity contribution in [3.8, 4) is 102 Å². The van der Waals surface area contributed by atoms with Gasteiger partial charge < -0.3 is 71.8 Å². The Morgan fingerprint density at radius 2 is 0.444 bits per heavy atom. The molecule has 1 unspecified atom stereocenters. The molecule has 0 aromatic heterocycles. The van der Waals surface area contributed by atoms with Gasteiger partial charge in [-0.25, -0.2) is 19.2 Å². The van der Waals surface area contributed by atoms with Crippen molar-refractivity contribution in [2.24, 2.45) is 5.92 Å². The maximum atomic E-state index is 11.8. The Labute approximate surface area is 746 Å². The summed E-state index contributed by atoms with van der Waals surface area (Å²) in [7, 11) is 0. The first kappa shape index (κ1) is 99.8. The van der Waals surface area contributed by atoms with Crippen LogP contribution in [0.1, 0.15) is 175 Å². The highest BCUT2D eigenvalue weighted by atomic mass is 16.6. The monoisotopic (exact) mass is 1720 g/mol. The van der Waals surface area contributed by atoms with Crippen LogP contribution in [0.3, 0.4) is 0 Å². The Kier molecular flexibility index (Phi) is 46.4. The fraction of sp³-hybridized carbons (Fsp3) is 0.383. The van der Waals surface area contributed by atoms with Gasteiger partial charge in [0.25, 0.3) is 0 Å². The molecule has 672 valence electrons. The van der Waals surface area contributed by atoms with Gasteiger partial charge in [-0.3, -0.25) is 0 Å². The number of benzene rings is 9. The number of ether oxygens (including phenoxy) is 13. The number of rotatable bonds is 61. The van der Waals surface area contributed by atoms with Crippen molar-refractivity contribution in [1.29, 1.82) is 0 Å². The van der Waals surface area contributed by atoms with Gasteiger partial charge in [-0.05, 0) is 214 Å². The van der Waals surface area contributed by atoms with E-state index in [1.807, 2.05) is 140 Å². The Bertz CT molecular complexity index is 4390. The minimum Gasteiger partial charge on any atom is -0.494 e. The molecule has 0 aliphatic carbocycles. The number of unbranched alkanes of at least 4 members (excludes halogenated alkanes) is 17. The summed E-state index contributed by atoms with van der Waals surface area (Å²) in [6.45, 7) is 28.6. The molecular weight excluding hydrogens is 1590 g/mol. The molecule has 1 atom stereocenters. The summed E-state index contributed by atoms with van der Waals surface area (Å²) in [4.78, 5) is 46.9. The quantitative estimate of drug-likeness (QED) is 0.0156. The third kappa shape index (κ3) is 39.7. The Morgan fingerprint density at radius 1 is 0.246 bits per heavy atom. The number of hydrogen-bond acceptors (Lipinski definition) is 19. The second kappa shape index (κ2) is 58.6. The molecule has 0 radical (unpaired) electrons. The van der Waals surface area contributed by atoms with Gasteiger partial charge in [0.05, 0.1) is 66.1 Å². The number of esters is 4. The van der Waals surface area contributed by atoms with E-state index in [9.17, 15) is 29.4 Å². The molecule has 0 spiro atoms. The first-order valence-electron chi connectivity index (χ1n) is 44.6. The molecule has 19 heteroatoms. The van der Waals surface area contributed by atoms with Crippen molar-refractivity contribution < 1.29 is 91.0 Å². The van der Waals surface area contributed by atoms with Gasteiger partial charge in [0.15, 0.2) is 0 Å². The summed E-state index contributed by atoms with van der Waals surface area (Å²) >= 11 is 0. The SMILES string of the molecule is C=C(C)C(=O)Oc1ccc(-c2ccc(COCCCCCCCOCC(CO)COCCCCCCCCOc3ccc(-c4ccc(OC(=O)C(=C)C)cc4)cc3)cc2)cc1.C=C(C)C(=O)Oc1ccc(-c2ccc(OCCCCCCCOc3cc(OCCCO)cc(OCCCCCCCOc4ccc(-c5ccc(OC(=O)C(=C)C)cc5)cc4)c3)cc2)cc1. The minimum atomic E-state index is -0.434. The standard InChI is InChI=1S/C55H64O10.C52H66O9/c1-41(2)54(57)64-49-28-20-45(21-29-49)43-16-24-47(25-17-43)59-33-11-7-5-9-13-35-61-51-38-52(40-53(39-51)63-37-15-32-56)62-36-14-10-6-8-12-34-60-48-26-18-44(19-27-48)46-22-30-50(31-23-46)65-55(58)42(3)4;1-40(2)51(54)60-49-28-22-46(23-29-49)44-18-16-42(17-19-44)37-56-32-13-9-7-10-14-34-58-39-43(36-53)38-57-33-12-8-5-6-11-15-35-59-48-26-20-45(21-27-48)47-24-30-50(31-25-47)61-52(55)41(3)4/h16-31,38-40,56H,1,3,5-15,32-37H2,2,4H3;16-31,43,53H,1,3,5-15,32-39H2,2,4H3. The first-order chi connectivity index (χ1) is 61.4. The number of aliphatic hydroxyl groups excluding tert-OH is 2. The molecule has 0 fully saturated rings. The maximum absolute atomic E-state index is 11.8. The lowest BCUT2D eigenvalue weighted by Gasteiger charge is -2.15. The van der Waals surface area contributed by atoms with Crippen LogP contribution in [0, 0.1) is 5.92 Å². The number of aliphatic hydroxyl groups is 2. The Hall–Kier alpha value is -11.6. The van der Waals surface area contributed by atoms with Crippen LogP contribution in [0.5, 0.6) is 57.5 Å². The molecule has 9 aromatic carbocycles. The average molecular weight is 1720 g/mol. The molecule has 19 nitrogen and oxygen atoms in total. The smallest absolute Gasteiger partial charge is 0.338 e. The highest BCUT2D eigenvalue weighted by Gasteiger charge is 2.15. The number of hydrogen-bond donors (Lipinski definition) is 2. The predicted octanol–water partition coefficient (Wildman–Crippen LogP) is 24.1. The van der Waals surface area contributed by atoms with Crippen molar-refractivity contribution in [1.82, 2.24) is 0 Å². The first-order valence-corrected chi connectivity index (χ1v) is 44.6. The van der Waals surface area contributed by atoms with Gasteiger partial charge in [-0.2, -0.15) is 0 Å². The van der Waals surface area contributed by atoms with Crippen LogP contribution in [0.25, 0.3) is 44.5 Å². The zero-order valence-electron chi connectivity index (χ0n) is 74.4. The molecule has 0 amide bonds. The van der Waals surface area contributed by atoms with Gasteiger partial charge >= 0.3 is 23.9 Å². The second-order valence-corrected chi connectivity index (χ2v) is 31.5. The molecule has 0 aliphatic heterocycles. The Balaban J connectivity index is 0.000000313. The van der Waals surface area contributed by atoms with E-state index in [0.29, 0.717) is 142 Å². The molecule has 2 N–H and O–H groups in total. The minimum absolute atomic E-state index is 0.0164. The Morgan fingerprint density at radius 3 is 0.675 bits per heavy atom. The van der Waals surface area contributed by atoms with E-state index in [-0.39, 0.29) is 19.1 Å². The van der Waals surface area contributed by atoms with Crippen LogP contribution in [0.2, 0.25) is 0 Å². The van der Waals surface area contributed by atoms with Crippen LogP contribution in [0.15, 0.2) is 261 Å². The van der Waals surface area contributed by atoms with E-state index < -0.39 is 23.9 Å². The summed E-state index contributed by atoms with van der Waals surface area (Å²) in [5, 5.41) is 19.0. The van der Waals surface area contributed by atoms with E-state index in [1.54, 1.807) is 76.2 Å². The lowest BCUT2D eigenvalue weighted by molar-refractivity contribution is -0.130. The van der Waals surface area contributed by atoms with Crippen molar-refractivity contribution in [3.63, 3.8) is 0 Å². The lowest BCUT2D eigenvalue weighted by atomic mass is 10.0. The van der Waals surface area contributed by atoms with Crippen LogP contribution in [0.4, 0.5) is 0 Å². The summed E-state index contributed by atoms with van der Waals surface area (Å²) in [5.74, 6) is 4.92. The van der Waals surface area contributed by atoms with Gasteiger partial charge in [0.2, 0.25) is 0 Å². The van der Waals surface area contributed by atoms with E-state index in [1.165, 1.54) is 12.8 Å². The summed E-state index contributed by atoms with van der Waals surface area (Å²) in [6.07, 6.45) is 23.0. The van der Waals surface area contributed by atoms with Crippen LogP contribution < -0.4 is 47.4 Å². The molecular formula is C107H130O19. The van der Waals surface area contributed by atoms with E-state index in [2.05, 4.69) is 50.6 Å². The average Bonchev–Trinajstić information content (AvgIpc) is 0.865. The normalized spacial score (nSPS) is 11.1. The molecule has 0 aliphatic rings. The number of carbonyl (C=O) groups is 4. The van der Waals surface area contributed by atoms with Crippen LogP contribution in [-0.2, 0) is 40.0 Å². The second-order valence-electron chi connectivity index (χ2n) is 31.5. The molecule has 0 saturated carbocycles. The fourth-order valence-electron chi connectivity index (χ4n) is 12.9. The van der Waals surface area contributed by atoms with Crippen molar-refractivity contribution in [2.45, 2.75) is 176 Å². The van der Waals surface area contributed by atoms with Crippen molar-refractivity contribution in [3.05, 3.63) is 266 Å². The number of carbonyl (C=O) groups excluding carboxylic acids is 4.